The van der Waals surface area contributed by atoms with Crippen LogP contribution in [0, 0.1) is 6.92 Å². The van der Waals surface area contributed by atoms with Crippen LogP contribution in [0.15, 0.2) is 60.8 Å². The number of nitrogens with one attached hydrogen (secondary N) is 2. The average Bonchev–Trinajstić information content (AvgIpc) is 3.29. The van der Waals surface area contributed by atoms with Crippen molar-refractivity contribution in [3.63, 3.8) is 0 Å². The number of pyridine rings is 1. The lowest BCUT2D eigenvalue weighted by Gasteiger charge is -2.41. The standard InChI is InChI=1S/C28H25B2N5O4S/c1-16-14-19(39-18-7-3-2-4-8-18)9-10-20(16)35-21-11-12-31-26-22(21)23(33-27(35)37)24(40-26)25(36)32-17-6-5-13-34(15-17)28(29,30)38/h2-4,7-12,14,17,38H,5-6,13,15H2,1H3,(H,32,36)(H,33,37). The maximum Gasteiger partial charge on any atom is 0.331 e. The summed E-state index contributed by atoms with van der Waals surface area (Å²) in [4.78, 5) is 35.5. The molecule has 40 heavy (non-hydrogen) atoms. The number of aliphatic hydroxyl groups is 1. The zero-order chi connectivity index (χ0) is 28.0. The number of aromatic nitrogens is 1. The van der Waals surface area contributed by atoms with Gasteiger partial charge < -0.3 is 20.5 Å². The van der Waals surface area contributed by atoms with Crippen LogP contribution in [0.25, 0.3) is 10.2 Å². The number of carbonyl (C=O) groups excluding carboxylic acids is 2. The number of hydrogen-bond donors (Lipinski definition) is 3. The highest BCUT2D eigenvalue weighted by Crippen LogP contribution is 2.46. The van der Waals surface area contributed by atoms with Crippen LogP contribution in [0.4, 0.5) is 21.9 Å². The third kappa shape index (κ3) is 4.94. The van der Waals surface area contributed by atoms with E-state index >= 15 is 0 Å². The van der Waals surface area contributed by atoms with Gasteiger partial charge in [0.2, 0.25) is 0 Å². The zero-order valence-electron chi connectivity index (χ0n) is 21.8. The number of thiophene rings is 1. The molecule has 4 radical (unpaired) electrons. The maximum atomic E-state index is 13.5. The number of nitrogens with zero attached hydrogens (tertiary/aromatic N) is 3. The molecule has 0 saturated carbocycles. The van der Waals surface area contributed by atoms with E-state index in [2.05, 4.69) is 15.6 Å². The molecule has 4 heterocycles. The van der Waals surface area contributed by atoms with Gasteiger partial charge in [0.15, 0.2) is 0 Å². The lowest BCUT2D eigenvalue weighted by molar-refractivity contribution is 0.00880. The van der Waals surface area contributed by atoms with Crippen LogP contribution in [-0.2, 0) is 0 Å². The number of aryl methyl sites for hydroxylation is 1. The predicted octanol–water partition coefficient (Wildman–Crippen LogP) is 4.22. The highest BCUT2D eigenvalue weighted by Gasteiger charge is 2.35. The van der Waals surface area contributed by atoms with E-state index in [0.717, 1.165) is 11.3 Å². The summed E-state index contributed by atoms with van der Waals surface area (Å²) in [5.74, 6) is 1.04. The smallest absolute Gasteiger partial charge is 0.331 e. The van der Waals surface area contributed by atoms with Crippen molar-refractivity contribution >= 4 is 66.2 Å². The third-order valence-electron chi connectivity index (χ3n) is 7.10. The van der Waals surface area contributed by atoms with Crippen molar-refractivity contribution in [2.45, 2.75) is 31.3 Å². The van der Waals surface area contributed by atoms with Gasteiger partial charge in [0.05, 0.1) is 22.4 Å². The van der Waals surface area contributed by atoms with Crippen molar-refractivity contribution < 1.29 is 19.4 Å². The second-order valence-corrected chi connectivity index (χ2v) is 11.0. The Hall–Kier alpha value is -3.86. The van der Waals surface area contributed by atoms with Gasteiger partial charge in [0.1, 0.15) is 36.9 Å². The number of amides is 3. The summed E-state index contributed by atoms with van der Waals surface area (Å²) in [5.41, 5.74) is 0.649. The van der Waals surface area contributed by atoms with Crippen LogP contribution in [-0.4, -0.2) is 67.3 Å². The SMILES string of the molecule is [B]C([B])(O)N1CCCC(NC(=O)c2sc3nccc4c3c2NC(=O)N4c2ccc(Oc3ccccc3)cc2C)C1. The van der Waals surface area contributed by atoms with Gasteiger partial charge in [-0.25, -0.2) is 9.78 Å². The maximum absolute atomic E-state index is 13.5. The van der Waals surface area contributed by atoms with Gasteiger partial charge in [-0.3, -0.25) is 14.6 Å². The van der Waals surface area contributed by atoms with Crippen LogP contribution >= 0.6 is 11.3 Å². The number of benzene rings is 2. The Morgan fingerprint density at radius 1 is 1.18 bits per heavy atom. The number of likely N-dealkylation sites (tertiary alicyclic amines) is 1. The second kappa shape index (κ2) is 10.3. The average molecular weight is 549 g/mol. The summed E-state index contributed by atoms with van der Waals surface area (Å²) in [6.07, 6.45) is 3.06. The first-order valence-electron chi connectivity index (χ1n) is 12.9. The lowest BCUT2D eigenvalue weighted by Crippen LogP contribution is -2.58. The summed E-state index contributed by atoms with van der Waals surface area (Å²) in [7, 11) is 11.3. The molecule has 1 saturated heterocycles. The van der Waals surface area contributed by atoms with Crippen molar-refractivity contribution in [2.75, 3.05) is 23.3 Å². The van der Waals surface area contributed by atoms with E-state index in [0.29, 0.717) is 63.8 Å². The molecule has 9 nitrogen and oxygen atoms in total. The number of piperidine rings is 1. The van der Waals surface area contributed by atoms with E-state index in [9.17, 15) is 14.7 Å². The van der Waals surface area contributed by atoms with Gasteiger partial charge in [-0.2, -0.15) is 0 Å². The summed E-state index contributed by atoms with van der Waals surface area (Å²) >= 11 is 1.22. The molecule has 2 aromatic carbocycles. The number of urea groups is 1. The van der Waals surface area contributed by atoms with Crippen molar-refractivity contribution in [3.05, 3.63) is 71.2 Å². The fourth-order valence-corrected chi connectivity index (χ4v) is 6.24. The van der Waals surface area contributed by atoms with Crippen LogP contribution in [0.3, 0.4) is 0 Å². The van der Waals surface area contributed by atoms with Crippen molar-refractivity contribution in [3.8, 4) is 11.5 Å². The number of carbonyl (C=O) groups is 2. The number of anilines is 3. The number of ether oxygens (including phenoxy) is 1. The molecule has 0 aliphatic carbocycles. The normalized spacial score (nSPS) is 17.5. The van der Waals surface area contributed by atoms with Gasteiger partial charge in [0.25, 0.3) is 5.91 Å². The molecule has 0 bridgehead atoms. The molecule has 2 aliphatic rings. The molecule has 12 heteroatoms. The number of rotatable bonds is 6. The fourth-order valence-electron chi connectivity index (χ4n) is 5.22. The topological polar surface area (TPSA) is 107 Å². The van der Waals surface area contributed by atoms with E-state index in [1.165, 1.54) is 16.2 Å². The van der Waals surface area contributed by atoms with E-state index < -0.39 is 5.52 Å². The van der Waals surface area contributed by atoms with Crippen molar-refractivity contribution in [1.82, 2.24) is 15.2 Å². The molecule has 2 aromatic heterocycles. The third-order valence-corrected chi connectivity index (χ3v) is 8.20. The molecule has 3 N–H and O–H groups in total. The Labute approximate surface area is 238 Å². The Bertz CT molecular complexity index is 1610. The molecule has 1 unspecified atom stereocenters. The minimum atomic E-state index is -1.95. The molecule has 2 aliphatic heterocycles. The van der Waals surface area contributed by atoms with Crippen LogP contribution in [0.1, 0.15) is 28.1 Å². The van der Waals surface area contributed by atoms with Gasteiger partial charge in [-0.1, -0.05) is 18.2 Å². The van der Waals surface area contributed by atoms with Crippen molar-refractivity contribution in [2.24, 2.45) is 0 Å². The van der Waals surface area contributed by atoms with Crippen LogP contribution < -0.4 is 20.3 Å². The van der Waals surface area contributed by atoms with Crippen LogP contribution in [0.5, 0.6) is 11.5 Å². The Balaban J connectivity index is 1.29. The Kier molecular flexibility index (Phi) is 6.77. The molecule has 1 fully saturated rings. The van der Waals surface area contributed by atoms with Crippen molar-refractivity contribution in [1.29, 1.82) is 0 Å². The van der Waals surface area contributed by atoms with Gasteiger partial charge in [0, 0.05) is 24.3 Å². The number of para-hydroxylation sites is 1. The molecule has 0 spiro atoms. The quantitative estimate of drug-likeness (QED) is 0.311. The summed E-state index contributed by atoms with van der Waals surface area (Å²) in [6.45, 7) is 2.75. The summed E-state index contributed by atoms with van der Waals surface area (Å²) in [6, 6.07) is 16.2. The van der Waals surface area contributed by atoms with E-state index in [4.69, 9.17) is 20.4 Å². The molecular weight excluding hydrogens is 524 g/mol. The zero-order valence-corrected chi connectivity index (χ0v) is 22.6. The first-order valence-corrected chi connectivity index (χ1v) is 13.7. The largest absolute Gasteiger partial charge is 0.457 e. The van der Waals surface area contributed by atoms with Crippen LogP contribution in [0.2, 0.25) is 0 Å². The van der Waals surface area contributed by atoms with Gasteiger partial charge in [-0.15, -0.1) is 11.3 Å². The molecule has 1 atom stereocenters. The summed E-state index contributed by atoms with van der Waals surface area (Å²) < 4.78 is 5.96. The fraction of sp³-hybridized carbons (Fsp3) is 0.250. The van der Waals surface area contributed by atoms with E-state index in [-0.39, 0.29) is 18.0 Å². The molecule has 198 valence electrons. The molecule has 4 aromatic rings. The first-order chi connectivity index (χ1) is 19.2. The summed E-state index contributed by atoms with van der Waals surface area (Å²) in [5, 5.41) is 16.6. The Morgan fingerprint density at radius 3 is 2.73 bits per heavy atom. The van der Waals surface area contributed by atoms with E-state index in [1.54, 1.807) is 17.2 Å². The van der Waals surface area contributed by atoms with E-state index in [1.807, 2.05) is 55.5 Å². The minimum Gasteiger partial charge on any atom is -0.457 e. The minimum absolute atomic E-state index is 0.264. The highest BCUT2D eigenvalue weighted by molar-refractivity contribution is 7.21. The molecule has 6 rings (SSSR count). The first kappa shape index (κ1) is 26.4. The predicted molar refractivity (Wildman–Crippen MR) is 157 cm³/mol. The molecule has 3 amide bonds. The van der Waals surface area contributed by atoms with Gasteiger partial charge in [-0.05, 0) is 68.3 Å². The highest BCUT2D eigenvalue weighted by atomic mass is 32.1. The lowest BCUT2D eigenvalue weighted by atomic mass is 9.71. The van der Waals surface area contributed by atoms with Gasteiger partial charge >= 0.3 is 6.03 Å². The second-order valence-electron chi connectivity index (χ2n) is 9.99. The molecular formula is C28H25B2N5O4S. The number of hydrogen-bond acceptors (Lipinski definition) is 7. The monoisotopic (exact) mass is 549 g/mol. The Morgan fingerprint density at radius 2 is 1.98 bits per heavy atom.